The van der Waals surface area contributed by atoms with Crippen molar-refractivity contribution in [1.29, 1.82) is 0 Å². The molecular weight excluding hydrogens is 391 g/mol. The van der Waals surface area contributed by atoms with Gasteiger partial charge in [0.1, 0.15) is 17.3 Å². The number of nitrogens with zero attached hydrogens (tertiary/aromatic N) is 3. The van der Waals surface area contributed by atoms with Crippen LogP contribution in [0.4, 0.5) is 13.2 Å². The lowest BCUT2D eigenvalue weighted by Crippen LogP contribution is -2.26. The van der Waals surface area contributed by atoms with Crippen LogP contribution in [0.5, 0.6) is 5.75 Å². The van der Waals surface area contributed by atoms with Gasteiger partial charge in [-0.25, -0.2) is 9.37 Å². The van der Waals surface area contributed by atoms with E-state index in [1.54, 1.807) is 0 Å². The largest absolute Gasteiger partial charge is 0.496 e. The number of carbonyl (C=O) groups excluding carboxylic acids is 1. The van der Waals surface area contributed by atoms with Crippen LogP contribution in [0.15, 0.2) is 46.8 Å². The van der Waals surface area contributed by atoms with E-state index in [0.29, 0.717) is 11.3 Å². The molecule has 2 N–H and O–H groups in total. The van der Waals surface area contributed by atoms with E-state index in [0.717, 1.165) is 6.20 Å². The van der Waals surface area contributed by atoms with Crippen LogP contribution in [-0.2, 0) is 16.1 Å². The average molecular weight is 409 g/mol. The van der Waals surface area contributed by atoms with Gasteiger partial charge in [0, 0.05) is 6.20 Å². The van der Waals surface area contributed by atoms with Crippen molar-refractivity contribution < 1.29 is 27.4 Å². The summed E-state index contributed by atoms with van der Waals surface area (Å²) in [5, 5.41) is 9.03. The standard InChI is InChI=1S/C18H18F3N5O3/c1-4-13(29-18(20)21)12(8-22-2)17(27)23-9-15-24-16(26-25-15)11-7-10(19)5-6-14(11)28-3/h4-8,18H,2,9H2,1,3H3,(H,23,27)(H,24,25,26)/b12-8+,13-4+. The molecule has 0 aliphatic heterocycles. The van der Waals surface area contributed by atoms with Crippen LogP contribution in [-0.4, -0.2) is 41.5 Å². The number of alkyl halides is 2. The fourth-order valence-corrected chi connectivity index (χ4v) is 2.32. The van der Waals surface area contributed by atoms with Crippen LogP contribution in [0.25, 0.3) is 11.4 Å². The first kappa shape index (κ1) is 21.7. The molecule has 0 spiro atoms. The monoisotopic (exact) mass is 409 g/mol. The topological polar surface area (TPSA) is 101 Å². The van der Waals surface area contributed by atoms with Crippen molar-refractivity contribution >= 4 is 12.6 Å². The van der Waals surface area contributed by atoms with Gasteiger partial charge in [0.25, 0.3) is 5.91 Å². The maximum absolute atomic E-state index is 13.5. The molecule has 2 rings (SSSR count). The molecule has 0 aliphatic carbocycles. The number of aromatic nitrogens is 3. The Kier molecular flexibility index (Phi) is 7.52. The number of H-pyrrole nitrogens is 1. The molecule has 0 fully saturated rings. The van der Waals surface area contributed by atoms with E-state index in [1.807, 2.05) is 0 Å². The number of hydrogen-bond acceptors (Lipinski definition) is 6. The van der Waals surface area contributed by atoms with Gasteiger partial charge < -0.3 is 14.8 Å². The van der Waals surface area contributed by atoms with E-state index in [2.05, 4.69) is 36.9 Å². The summed E-state index contributed by atoms with van der Waals surface area (Å²) in [5.74, 6) is -0.823. The van der Waals surface area contributed by atoms with Crippen molar-refractivity contribution in [2.45, 2.75) is 20.1 Å². The number of allylic oxidation sites excluding steroid dienone is 1. The Morgan fingerprint density at radius 2 is 2.21 bits per heavy atom. The molecule has 1 amide bonds. The Hall–Kier alpha value is -3.63. The van der Waals surface area contributed by atoms with Crippen molar-refractivity contribution in [3.8, 4) is 17.1 Å². The number of carbonyl (C=O) groups is 1. The number of aliphatic imine (C=N–C) groups is 1. The Labute approximate surface area is 164 Å². The molecule has 0 saturated heterocycles. The number of amides is 1. The maximum atomic E-state index is 13.5. The normalized spacial score (nSPS) is 12.1. The minimum Gasteiger partial charge on any atom is -0.496 e. The molecule has 0 radical (unpaired) electrons. The highest BCUT2D eigenvalue weighted by Crippen LogP contribution is 2.28. The summed E-state index contributed by atoms with van der Waals surface area (Å²) in [7, 11) is 1.43. The van der Waals surface area contributed by atoms with Gasteiger partial charge in [-0.15, -0.1) is 0 Å². The molecule has 154 valence electrons. The maximum Gasteiger partial charge on any atom is 0.387 e. The summed E-state index contributed by atoms with van der Waals surface area (Å²) >= 11 is 0. The highest BCUT2D eigenvalue weighted by molar-refractivity contribution is 5.97. The van der Waals surface area contributed by atoms with Crippen LogP contribution < -0.4 is 10.1 Å². The molecule has 29 heavy (non-hydrogen) atoms. The summed E-state index contributed by atoms with van der Waals surface area (Å²) in [6.45, 7) is 1.38. The molecule has 0 atom stereocenters. The summed E-state index contributed by atoms with van der Waals surface area (Å²) in [5.41, 5.74) is 0.0981. The lowest BCUT2D eigenvalue weighted by atomic mass is 10.2. The zero-order chi connectivity index (χ0) is 21.4. The summed E-state index contributed by atoms with van der Waals surface area (Å²) < 4.78 is 48.0. The number of rotatable bonds is 9. The van der Waals surface area contributed by atoms with Gasteiger partial charge >= 0.3 is 6.61 Å². The van der Waals surface area contributed by atoms with Crippen LogP contribution in [0.2, 0.25) is 0 Å². The zero-order valence-electron chi connectivity index (χ0n) is 15.6. The molecule has 1 heterocycles. The first-order chi connectivity index (χ1) is 13.9. The zero-order valence-corrected chi connectivity index (χ0v) is 15.6. The van der Waals surface area contributed by atoms with Gasteiger partial charge in [-0.1, -0.05) is 0 Å². The number of hydrogen-bond donors (Lipinski definition) is 2. The van der Waals surface area contributed by atoms with Gasteiger partial charge in [-0.3, -0.25) is 14.9 Å². The van der Waals surface area contributed by atoms with Gasteiger partial charge in [-0.2, -0.15) is 13.9 Å². The second kappa shape index (κ2) is 10.1. The van der Waals surface area contributed by atoms with Crippen LogP contribution in [0, 0.1) is 5.82 Å². The summed E-state index contributed by atoms with van der Waals surface area (Å²) in [4.78, 5) is 19.9. The second-order valence-corrected chi connectivity index (χ2v) is 5.38. The lowest BCUT2D eigenvalue weighted by Gasteiger charge is -2.12. The number of ether oxygens (including phenoxy) is 2. The Balaban J connectivity index is 2.14. The van der Waals surface area contributed by atoms with Gasteiger partial charge in [0.2, 0.25) is 0 Å². The first-order valence-corrected chi connectivity index (χ1v) is 8.20. The SMILES string of the molecule is C=N/C=C(C(=O)NCc1n[nH]c(-c2cc(F)ccc2OC)n1)\C(=C/C)OC(F)F. The third kappa shape index (κ3) is 5.67. The summed E-state index contributed by atoms with van der Waals surface area (Å²) in [6.07, 6.45) is 2.19. The minimum absolute atomic E-state index is 0.146. The first-order valence-electron chi connectivity index (χ1n) is 8.20. The highest BCUT2D eigenvalue weighted by atomic mass is 19.3. The number of halogens is 3. The number of aromatic amines is 1. The predicted octanol–water partition coefficient (Wildman–Crippen LogP) is 2.96. The van der Waals surface area contributed by atoms with Gasteiger partial charge in [0.15, 0.2) is 11.6 Å². The number of nitrogens with one attached hydrogen (secondary N) is 2. The average Bonchev–Trinajstić information content (AvgIpc) is 3.17. The second-order valence-electron chi connectivity index (χ2n) is 5.38. The molecule has 2 aromatic rings. The quantitative estimate of drug-likeness (QED) is 0.287. The van der Waals surface area contributed by atoms with Gasteiger partial charge in [0.05, 0.1) is 24.8 Å². The third-order valence-electron chi connectivity index (χ3n) is 3.56. The third-order valence-corrected chi connectivity index (χ3v) is 3.56. The number of methoxy groups -OCH3 is 1. The van der Waals surface area contributed by atoms with E-state index >= 15 is 0 Å². The molecule has 8 nitrogen and oxygen atoms in total. The molecule has 11 heteroatoms. The molecule has 0 bridgehead atoms. The Bertz CT molecular complexity index is 941. The van der Waals surface area contributed by atoms with Crippen LogP contribution in [0.3, 0.4) is 0 Å². The van der Waals surface area contributed by atoms with E-state index < -0.39 is 18.3 Å². The minimum atomic E-state index is -3.11. The van der Waals surface area contributed by atoms with Crippen molar-refractivity contribution in [3.63, 3.8) is 0 Å². The van der Waals surface area contributed by atoms with Crippen molar-refractivity contribution in [1.82, 2.24) is 20.5 Å². The fourth-order valence-electron chi connectivity index (χ4n) is 2.32. The number of benzene rings is 1. The van der Waals surface area contributed by atoms with E-state index in [9.17, 15) is 18.0 Å². The molecule has 0 saturated carbocycles. The molecule has 0 aliphatic rings. The molecule has 0 unspecified atom stereocenters. The molecule has 1 aromatic carbocycles. The Morgan fingerprint density at radius 3 is 2.83 bits per heavy atom. The van der Waals surface area contributed by atoms with E-state index in [1.165, 1.54) is 38.3 Å². The lowest BCUT2D eigenvalue weighted by molar-refractivity contribution is -0.119. The summed E-state index contributed by atoms with van der Waals surface area (Å²) in [6, 6.07) is 3.90. The van der Waals surface area contributed by atoms with E-state index in [4.69, 9.17) is 4.74 Å². The van der Waals surface area contributed by atoms with Crippen molar-refractivity contribution in [2.24, 2.45) is 4.99 Å². The van der Waals surface area contributed by atoms with Crippen molar-refractivity contribution in [2.75, 3.05) is 7.11 Å². The molecular formula is C18H18F3N5O3. The van der Waals surface area contributed by atoms with E-state index in [-0.39, 0.29) is 29.5 Å². The fraction of sp³-hybridized carbons (Fsp3) is 0.222. The van der Waals surface area contributed by atoms with Crippen LogP contribution >= 0.6 is 0 Å². The highest BCUT2D eigenvalue weighted by Gasteiger charge is 2.19. The van der Waals surface area contributed by atoms with Crippen LogP contribution in [0.1, 0.15) is 12.7 Å². The smallest absolute Gasteiger partial charge is 0.387 e. The van der Waals surface area contributed by atoms with Gasteiger partial charge in [-0.05, 0) is 37.9 Å². The van der Waals surface area contributed by atoms with Crippen molar-refractivity contribution in [3.05, 3.63) is 53.4 Å². The Morgan fingerprint density at radius 1 is 1.45 bits per heavy atom. The molecule has 1 aromatic heterocycles. The predicted molar refractivity (Wildman–Crippen MR) is 98.7 cm³/mol.